The number of amides is 1. The Hall–Kier alpha value is -2.21. The highest BCUT2D eigenvalue weighted by Gasteiger charge is 2.16. The molecule has 0 bridgehead atoms. The van der Waals surface area contributed by atoms with Crippen molar-refractivity contribution >= 4 is 11.6 Å². The van der Waals surface area contributed by atoms with Crippen molar-refractivity contribution in [1.29, 1.82) is 0 Å². The number of rotatable bonds is 6. The number of pyridine rings is 1. The quantitative estimate of drug-likeness (QED) is 0.878. The molecule has 0 atom stereocenters. The summed E-state index contributed by atoms with van der Waals surface area (Å²) in [5, 5.41) is 2.83. The summed E-state index contributed by atoms with van der Waals surface area (Å²) >= 11 is 0. The Kier molecular flexibility index (Phi) is 5.72. The van der Waals surface area contributed by atoms with Crippen LogP contribution in [-0.4, -0.2) is 45.4 Å². The van der Waals surface area contributed by atoms with E-state index in [4.69, 9.17) is 0 Å². The van der Waals surface area contributed by atoms with Gasteiger partial charge in [-0.15, -0.1) is 0 Å². The van der Waals surface area contributed by atoms with Gasteiger partial charge in [-0.1, -0.05) is 6.07 Å². The Morgan fingerprint density at radius 2 is 1.92 bits per heavy atom. The molecule has 1 amide bonds. The van der Waals surface area contributed by atoms with Gasteiger partial charge >= 0.3 is 0 Å². The van der Waals surface area contributed by atoms with Crippen molar-refractivity contribution in [2.75, 3.05) is 13.1 Å². The standard InChI is InChI=1S/C18H26N4O2/c1-12(2)21(13(3)4)9-8-19-17(23)15-10-20-16-7-6-14(5)11-22(16)18(15)24/h6-7,10-13H,8-9H2,1-5H3,(H,19,23). The van der Waals surface area contributed by atoms with Crippen molar-refractivity contribution in [3.8, 4) is 0 Å². The SMILES string of the molecule is Cc1ccc2ncc(C(=O)NCCN(C(C)C)C(C)C)c(=O)n2c1. The van der Waals surface area contributed by atoms with Gasteiger partial charge in [0.2, 0.25) is 0 Å². The summed E-state index contributed by atoms with van der Waals surface area (Å²) in [4.78, 5) is 31.3. The highest BCUT2D eigenvalue weighted by atomic mass is 16.2. The average molecular weight is 330 g/mol. The molecule has 24 heavy (non-hydrogen) atoms. The fourth-order valence-corrected chi connectivity index (χ4v) is 2.84. The number of aromatic nitrogens is 2. The predicted octanol–water partition coefficient (Wildman–Crippen LogP) is 1.85. The molecule has 0 aromatic carbocycles. The number of hydrogen-bond donors (Lipinski definition) is 1. The van der Waals surface area contributed by atoms with Gasteiger partial charge in [0.1, 0.15) is 11.2 Å². The first-order valence-electron chi connectivity index (χ1n) is 8.33. The topological polar surface area (TPSA) is 66.7 Å². The number of fused-ring (bicyclic) bond motifs is 1. The normalized spacial score (nSPS) is 11.7. The van der Waals surface area contributed by atoms with Crippen LogP contribution >= 0.6 is 0 Å². The van der Waals surface area contributed by atoms with E-state index in [1.165, 1.54) is 10.6 Å². The number of nitrogens with zero attached hydrogens (tertiary/aromatic N) is 3. The second kappa shape index (κ2) is 7.57. The Labute approximate surface area is 142 Å². The van der Waals surface area contributed by atoms with Gasteiger partial charge in [-0.25, -0.2) is 4.98 Å². The molecule has 2 rings (SSSR count). The van der Waals surface area contributed by atoms with E-state index in [0.717, 1.165) is 12.1 Å². The highest BCUT2D eigenvalue weighted by Crippen LogP contribution is 2.04. The lowest BCUT2D eigenvalue weighted by Crippen LogP contribution is -2.43. The van der Waals surface area contributed by atoms with Gasteiger partial charge < -0.3 is 5.32 Å². The third-order valence-electron chi connectivity index (χ3n) is 4.08. The molecule has 6 heteroatoms. The molecule has 2 aromatic heterocycles. The van der Waals surface area contributed by atoms with Crippen LogP contribution in [0, 0.1) is 6.92 Å². The maximum atomic E-state index is 12.5. The average Bonchev–Trinajstić information content (AvgIpc) is 2.51. The number of carbonyl (C=O) groups is 1. The van der Waals surface area contributed by atoms with E-state index in [2.05, 4.69) is 42.9 Å². The van der Waals surface area contributed by atoms with Crippen LogP contribution in [-0.2, 0) is 0 Å². The molecule has 130 valence electrons. The van der Waals surface area contributed by atoms with Crippen LogP contribution in [0.2, 0.25) is 0 Å². The van der Waals surface area contributed by atoms with Gasteiger partial charge in [-0.3, -0.25) is 18.9 Å². The van der Waals surface area contributed by atoms with E-state index in [-0.39, 0.29) is 17.0 Å². The molecule has 0 fully saturated rings. The number of carbonyl (C=O) groups excluding carboxylic acids is 1. The second-order valence-corrected chi connectivity index (χ2v) is 6.59. The molecule has 0 unspecified atom stereocenters. The van der Waals surface area contributed by atoms with Crippen LogP contribution in [0.4, 0.5) is 0 Å². The summed E-state index contributed by atoms with van der Waals surface area (Å²) in [7, 11) is 0. The molecule has 2 aromatic rings. The maximum absolute atomic E-state index is 12.5. The van der Waals surface area contributed by atoms with Crippen molar-refractivity contribution in [2.24, 2.45) is 0 Å². The lowest BCUT2D eigenvalue weighted by atomic mass is 10.2. The summed E-state index contributed by atoms with van der Waals surface area (Å²) in [6, 6.07) is 4.45. The first kappa shape index (κ1) is 18.1. The van der Waals surface area contributed by atoms with Crippen molar-refractivity contribution in [3.63, 3.8) is 0 Å². The van der Waals surface area contributed by atoms with Crippen LogP contribution in [0.25, 0.3) is 5.65 Å². The van der Waals surface area contributed by atoms with Gasteiger partial charge in [0, 0.05) is 37.6 Å². The zero-order valence-electron chi connectivity index (χ0n) is 15.0. The van der Waals surface area contributed by atoms with Gasteiger partial charge in [-0.2, -0.15) is 0 Å². The Bertz CT molecular complexity index is 772. The lowest BCUT2D eigenvalue weighted by molar-refractivity contribution is 0.0937. The molecule has 0 spiro atoms. The van der Waals surface area contributed by atoms with Crippen molar-refractivity contribution in [2.45, 2.75) is 46.7 Å². The summed E-state index contributed by atoms with van der Waals surface area (Å²) in [5.74, 6) is -0.379. The lowest BCUT2D eigenvalue weighted by Gasteiger charge is -2.30. The van der Waals surface area contributed by atoms with Crippen molar-refractivity contribution < 1.29 is 4.79 Å². The molecular formula is C18H26N4O2. The first-order chi connectivity index (χ1) is 11.3. The zero-order chi connectivity index (χ0) is 17.9. The molecule has 6 nitrogen and oxygen atoms in total. The second-order valence-electron chi connectivity index (χ2n) is 6.59. The highest BCUT2D eigenvalue weighted by molar-refractivity contribution is 5.93. The number of aryl methyl sites for hydroxylation is 1. The maximum Gasteiger partial charge on any atom is 0.270 e. The van der Waals surface area contributed by atoms with Gasteiger partial charge in [0.15, 0.2) is 0 Å². The molecular weight excluding hydrogens is 304 g/mol. The first-order valence-corrected chi connectivity index (χ1v) is 8.33. The van der Waals surface area contributed by atoms with Crippen LogP contribution < -0.4 is 10.9 Å². The molecule has 0 aliphatic heterocycles. The van der Waals surface area contributed by atoms with Crippen molar-refractivity contribution in [1.82, 2.24) is 19.6 Å². The Morgan fingerprint density at radius 1 is 1.25 bits per heavy atom. The van der Waals surface area contributed by atoms with Gasteiger partial charge in [0.25, 0.3) is 11.5 Å². The van der Waals surface area contributed by atoms with Gasteiger partial charge in [-0.05, 0) is 46.2 Å². The van der Waals surface area contributed by atoms with Crippen LogP contribution in [0.15, 0.2) is 29.3 Å². The summed E-state index contributed by atoms with van der Waals surface area (Å²) in [6.07, 6.45) is 3.05. The summed E-state index contributed by atoms with van der Waals surface area (Å²) < 4.78 is 1.42. The molecule has 0 saturated heterocycles. The fraction of sp³-hybridized carbons (Fsp3) is 0.500. The van der Waals surface area contributed by atoms with E-state index in [0.29, 0.717) is 24.3 Å². The van der Waals surface area contributed by atoms with E-state index in [9.17, 15) is 9.59 Å². The minimum absolute atomic E-state index is 0.0683. The summed E-state index contributed by atoms with van der Waals surface area (Å²) in [5.41, 5.74) is 1.20. The monoisotopic (exact) mass is 330 g/mol. The number of nitrogens with one attached hydrogen (secondary N) is 1. The van der Waals surface area contributed by atoms with Crippen LogP contribution in [0.5, 0.6) is 0 Å². The van der Waals surface area contributed by atoms with Gasteiger partial charge in [0.05, 0.1) is 0 Å². The van der Waals surface area contributed by atoms with Crippen molar-refractivity contribution in [3.05, 3.63) is 46.0 Å². The fourth-order valence-electron chi connectivity index (χ4n) is 2.84. The third-order valence-corrected chi connectivity index (χ3v) is 4.08. The molecule has 0 aliphatic carbocycles. The zero-order valence-corrected chi connectivity index (χ0v) is 15.0. The molecule has 0 saturated carbocycles. The molecule has 0 aliphatic rings. The minimum Gasteiger partial charge on any atom is -0.351 e. The van der Waals surface area contributed by atoms with Crippen LogP contribution in [0.1, 0.15) is 43.6 Å². The van der Waals surface area contributed by atoms with E-state index in [1.54, 1.807) is 12.3 Å². The predicted molar refractivity (Wildman–Crippen MR) is 95.5 cm³/mol. The van der Waals surface area contributed by atoms with Crippen LogP contribution in [0.3, 0.4) is 0 Å². The molecule has 2 heterocycles. The van der Waals surface area contributed by atoms with E-state index < -0.39 is 0 Å². The Morgan fingerprint density at radius 3 is 2.54 bits per heavy atom. The van der Waals surface area contributed by atoms with E-state index in [1.807, 2.05) is 13.0 Å². The van der Waals surface area contributed by atoms with E-state index >= 15 is 0 Å². The molecule has 1 N–H and O–H groups in total. The summed E-state index contributed by atoms with van der Waals surface area (Å²) in [6.45, 7) is 11.6. The largest absolute Gasteiger partial charge is 0.351 e. The number of hydrogen-bond acceptors (Lipinski definition) is 4. The smallest absolute Gasteiger partial charge is 0.270 e. The molecule has 0 radical (unpaired) electrons. The Balaban J connectivity index is 2.12. The third kappa shape index (κ3) is 4.00. The minimum atomic E-state index is -0.379.